The summed E-state index contributed by atoms with van der Waals surface area (Å²) in [6, 6.07) is 10.1. The lowest BCUT2D eigenvalue weighted by atomic mass is 9.81. The van der Waals surface area contributed by atoms with Gasteiger partial charge in [0.05, 0.1) is 13.4 Å². The highest BCUT2D eigenvalue weighted by molar-refractivity contribution is 5.55. The van der Waals surface area contributed by atoms with Crippen LogP contribution in [0.2, 0.25) is 0 Å². The molecule has 1 aliphatic heterocycles. The van der Waals surface area contributed by atoms with Crippen LogP contribution in [0, 0.1) is 10.1 Å². The first-order valence-corrected chi connectivity index (χ1v) is 8.34. The molecule has 1 aromatic carbocycles. The Kier molecular flexibility index (Phi) is 4.79. The lowest BCUT2D eigenvalue weighted by molar-refractivity contribution is -0.529. The molecule has 0 aliphatic carbocycles. The molecule has 2 heterocycles. The van der Waals surface area contributed by atoms with E-state index in [4.69, 9.17) is 9.15 Å². The molecule has 0 saturated carbocycles. The van der Waals surface area contributed by atoms with Gasteiger partial charge in [0, 0.05) is 16.8 Å². The molecule has 3 unspecified atom stereocenters. The summed E-state index contributed by atoms with van der Waals surface area (Å²) in [5, 5.41) is 11.9. The Balaban J connectivity index is 2.06. The number of hydrogen-bond acceptors (Lipinski definition) is 5. The van der Waals surface area contributed by atoms with Gasteiger partial charge in [-0.3, -0.25) is 10.1 Å². The van der Waals surface area contributed by atoms with Crippen molar-refractivity contribution in [3.05, 3.63) is 70.3 Å². The smallest absolute Gasteiger partial charge is 0.246 e. The van der Waals surface area contributed by atoms with Crippen LogP contribution in [0.1, 0.15) is 31.9 Å². The Bertz CT molecular complexity index is 752. The molecule has 1 aliphatic rings. The summed E-state index contributed by atoms with van der Waals surface area (Å²) in [5.41, 5.74) is 1.83. The number of methoxy groups -OCH3 is 1. The van der Waals surface area contributed by atoms with Crippen molar-refractivity contribution in [1.82, 2.24) is 0 Å². The van der Waals surface area contributed by atoms with Crippen LogP contribution in [0.4, 0.5) is 5.69 Å². The maximum atomic E-state index is 11.9. The Morgan fingerprint density at radius 1 is 1.28 bits per heavy atom. The van der Waals surface area contributed by atoms with Gasteiger partial charge in [-0.05, 0) is 55.3 Å². The standard InChI is InChI=1S/C19H22N2O4/c1-4-16-19(21(22)23)18(17-6-5-11-25-17)13(2)12-20(16)14-7-9-15(24-3)10-8-14/h5-12,16,18-19H,4H2,1-3H3. The highest BCUT2D eigenvalue weighted by Gasteiger charge is 2.47. The van der Waals surface area contributed by atoms with Crippen LogP contribution in [-0.4, -0.2) is 24.1 Å². The molecule has 6 nitrogen and oxygen atoms in total. The number of ether oxygens (including phenoxy) is 1. The fraction of sp³-hybridized carbons (Fsp3) is 0.368. The zero-order valence-electron chi connectivity index (χ0n) is 14.6. The molecular formula is C19H22N2O4. The molecule has 0 fully saturated rings. The van der Waals surface area contributed by atoms with Crippen molar-refractivity contribution in [2.24, 2.45) is 0 Å². The summed E-state index contributed by atoms with van der Waals surface area (Å²) in [7, 11) is 1.62. The zero-order chi connectivity index (χ0) is 18.0. The van der Waals surface area contributed by atoms with Crippen LogP contribution in [0.3, 0.4) is 0 Å². The minimum atomic E-state index is -0.775. The van der Waals surface area contributed by atoms with Crippen LogP contribution in [0.15, 0.2) is 58.9 Å². The van der Waals surface area contributed by atoms with Gasteiger partial charge in [0.1, 0.15) is 23.5 Å². The van der Waals surface area contributed by atoms with Crippen LogP contribution < -0.4 is 9.64 Å². The molecule has 3 rings (SSSR count). The monoisotopic (exact) mass is 342 g/mol. The Labute approximate surface area is 146 Å². The van der Waals surface area contributed by atoms with E-state index in [-0.39, 0.29) is 16.9 Å². The summed E-state index contributed by atoms with van der Waals surface area (Å²) in [6.07, 6.45) is 4.22. The van der Waals surface area contributed by atoms with Gasteiger partial charge < -0.3 is 14.1 Å². The number of rotatable bonds is 5. The molecule has 0 saturated heterocycles. The largest absolute Gasteiger partial charge is 0.497 e. The highest BCUT2D eigenvalue weighted by atomic mass is 16.6. The van der Waals surface area contributed by atoms with E-state index >= 15 is 0 Å². The summed E-state index contributed by atoms with van der Waals surface area (Å²) in [4.78, 5) is 13.8. The second kappa shape index (κ2) is 7.01. The molecular weight excluding hydrogens is 320 g/mol. The van der Waals surface area contributed by atoms with Crippen molar-refractivity contribution >= 4 is 5.69 Å². The molecule has 3 atom stereocenters. The fourth-order valence-electron chi connectivity index (χ4n) is 3.63. The second-order valence-electron chi connectivity index (χ2n) is 6.22. The Hall–Kier alpha value is -2.76. The predicted octanol–water partition coefficient (Wildman–Crippen LogP) is 4.22. The zero-order valence-corrected chi connectivity index (χ0v) is 14.6. The first-order valence-electron chi connectivity index (χ1n) is 8.34. The van der Waals surface area contributed by atoms with E-state index in [2.05, 4.69) is 0 Å². The normalized spacial score (nSPS) is 23.2. The Morgan fingerprint density at radius 3 is 2.52 bits per heavy atom. The first-order chi connectivity index (χ1) is 12.1. The highest BCUT2D eigenvalue weighted by Crippen LogP contribution is 2.40. The predicted molar refractivity (Wildman–Crippen MR) is 95.5 cm³/mol. The minimum Gasteiger partial charge on any atom is -0.497 e. The molecule has 1 aromatic heterocycles. The number of nitrogens with zero attached hydrogens (tertiary/aromatic N) is 2. The molecule has 0 spiro atoms. The number of furan rings is 1. The maximum Gasteiger partial charge on any atom is 0.246 e. The molecule has 6 heteroatoms. The van der Waals surface area contributed by atoms with Crippen LogP contribution in [0.5, 0.6) is 5.75 Å². The van der Waals surface area contributed by atoms with Gasteiger partial charge in [-0.1, -0.05) is 6.92 Å². The van der Waals surface area contributed by atoms with Crippen LogP contribution in [-0.2, 0) is 0 Å². The topological polar surface area (TPSA) is 68.8 Å². The van der Waals surface area contributed by atoms with Crippen molar-refractivity contribution in [2.75, 3.05) is 12.0 Å². The maximum absolute atomic E-state index is 11.9. The van der Waals surface area contributed by atoms with E-state index in [1.165, 1.54) is 0 Å². The van der Waals surface area contributed by atoms with Gasteiger partial charge in [-0.15, -0.1) is 0 Å². The number of anilines is 1. The van der Waals surface area contributed by atoms with E-state index in [0.29, 0.717) is 12.2 Å². The van der Waals surface area contributed by atoms with E-state index in [1.807, 2.05) is 55.3 Å². The van der Waals surface area contributed by atoms with E-state index in [9.17, 15) is 10.1 Å². The average molecular weight is 342 g/mol. The van der Waals surface area contributed by atoms with Crippen LogP contribution >= 0.6 is 0 Å². The summed E-state index contributed by atoms with van der Waals surface area (Å²) < 4.78 is 10.7. The van der Waals surface area contributed by atoms with Gasteiger partial charge in [-0.25, -0.2) is 0 Å². The average Bonchev–Trinajstić information content (AvgIpc) is 3.14. The lowest BCUT2D eigenvalue weighted by Crippen LogP contribution is -2.51. The lowest BCUT2D eigenvalue weighted by Gasteiger charge is -2.39. The number of benzene rings is 1. The van der Waals surface area contributed by atoms with Crippen molar-refractivity contribution in [3.63, 3.8) is 0 Å². The fourth-order valence-corrected chi connectivity index (χ4v) is 3.63. The van der Waals surface area contributed by atoms with Crippen molar-refractivity contribution in [1.29, 1.82) is 0 Å². The third-order valence-electron chi connectivity index (χ3n) is 4.81. The Morgan fingerprint density at radius 2 is 2.00 bits per heavy atom. The van der Waals surface area contributed by atoms with Crippen molar-refractivity contribution in [3.8, 4) is 5.75 Å². The SMILES string of the molecule is CCC1C([N+](=O)[O-])C(c2ccco2)C(C)=CN1c1ccc(OC)cc1. The first kappa shape index (κ1) is 17.1. The number of hydrogen-bond donors (Lipinski definition) is 0. The van der Waals surface area contributed by atoms with Crippen molar-refractivity contribution in [2.45, 2.75) is 38.3 Å². The molecule has 0 N–H and O–H groups in total. The van der Waals surface area contributed by atoms with Gasteiger partial charge >= 0.3 is 0 Å². The molecule has 0 bridgehead atoms. The van der Waals surface area contributed by atoms with Gasteiger partial charge in [0.2, 0.25) is 6.04 Å². The molecule has 0 radical (unpaired) electrons. The van der Waals surface area contributed by atoms with Crippen molar-refractivity contribution < 1.29 is 14.1 Å². The molecule has 2 aromatic rings. The molecule has 132 valence electrons. The molecule has 25 heavy (non-hydrogen) atoms. The summed E-state index contributed by atoms with van der Waals surface area (Å²) in [5.74, 6) is 1.04. The number of nitro groups is 1. The second-order valence-corrected chi connectivity index (χ2v) is 6.22. The van der Waals surface area contributed by atoms with Gasteiger partial charge in [0.25, 0.3) is 0 Å². The summed E-state index contributed by atoms with van der Waals surface area (Å²) in [6.45, 7) is 3.90. The minimum absolute atomic E-state index is 0.172. The van der Waals surface area contributed by atoms with E-state index in [0.717, 1.165) is 17.0 Å². The third-order valence-corrected chi connectivity index (χ3v) is 4.81. The van der Waals surface area contributed by atoms with Gasteiger partial charge in [-0.2, -0.15) is 0 Å². The summed E-state index contributed by atoms with van der Waals surface area (Å²) >= 11 is 0. The van der Waals surface area contributed by atoms with E-state index in [1.54, 1.807) is 19.4 Å². The van der Waals surface area contributed by atoms with Gasteiger partial charge in [0.15, 0.2) is 0 Å². The quantitative estimate of drug-likeness (QED) is 0.601. The van der Waals surface area contributed by atoms with Crippen LogP contribution in [0.25, 0.3) is 0 Å². The molecule has 0 amide bonds. The third kappa shape index (κ3) is 3.12. The van der Waals surface area contributed by atoms with E-state index < -0.39 is 6.04 Å².